The zero-order chi connectivity index (χ0) is 75.3. The first-order chi connectivity index (χ1) is 49.5. The van der Waals surface area contributed by atoms with Gasteiger partial charge in [0, 0.05) is 44.4 Å². The highest BCUT2D eigenvalue weighted by atomic mass is 16.7. The molecule has 34 heteroatoms. The van der Waals surface area contributed by atoms with Crippen molar-refractivity contribution in [2.24, 2.45) is 0 Å². The zero-order valence-corrected chi connectivity index (χ0v) is 57.8. The summed E-state index contributed by atoms with van der Waals surface area (Å²) in [4.78, 5) is 102. The molecule has 4 aromatic rings. The number of hydrogen-bond donors (Lipinski definition) is 12. The van der Waals surface area contributed by atoms with E-state index in [1.807, 2.05) is 0 Å². The largest absolute Gasteiger partial charge is 0.493 e. The number of carbonyl (C=O) groups excluding carboxylic acids is 6. The van der Waals surface area contributed by atoms with E-state index in [1.165, 1.54) is 91.8 Å². The number of aliphatic hydroxyl groups is 9. The van der Waals surface area contributed by atoms with Gasteiger partial charge in [-0.2, -0.15) is 0 Å². The lowest BCUT2D eigenvalue weighted by atomic mass is 9.99. The molecule has 14 atom stereocenters. The molecule has 4 aromatic carbocycles. The molecule has 0 aliphatic carbocycles. The normalized spacial score (nSPS) is 25.9. The number of hydrogen-bond acceptors (Lipinski definition) is 27. The third kappa shape index (κ3) is 16.5. The number of unbranched alkanes of at least 4 members (excludes halogenated alkanes) is 2. The Morgan fingerprint density at radius 2 is 1.03 bits per heavy atom. The van der Waals surface area contributed by atoms with Gasteiger partial charge in [0.15, 0.2) is 41.6 Å². The van der Waals surface area contributed by atoms with Crippen molar-refractivity contribution < 1.29 is 137 Å². The maximum Gasteiger partial charge on any atom is 0.416 e. The second kappa shape index (κ2) is 32.7. The fourth-order valence-electron chi connectivity index (χ4n) is 12.8. The highest BCUT2D eigenvalue weighted by Crippen LogP contribution is 2.45. The smallest absolute Gasteiger partial charge is 0.416 e. The molecule has 12 N–H and O–H groups in total. The van der Waals surface area contributed by atoms with Crippen LogP contribution in [-0.4, -0.2) is 262 Å². The second-order valence-corrected chi connectivity index (χ2v) is 26.7. The van der Waals surface area contributed by atoms with Crippen LogP contribution in [0.1, 0.15) is 105 Å². The summed E-state index contributed by atoms with van der Waals surface area (Å²) in [5.41, 5.74) is 0.163. The standard InChI is InChI=1S/C70H86N6O28/c1-33-20-43-63(88)75(68(92)99-31-35-12-14-45(39(22-35)59(84)71-16-19-94-6)101-66-56(82)53(79)52(78)51(30-77)103-66)41-26-49(47(95-7)24-37(41)61(86)73(43)28-33)97-17-10-9-11-18-98-50-27-42-38(25-48(50)96-8)62(87)74-29-34(2)21-44(74)64(89)76(42)69(93)100-32-36-13-15-46(40(23-36)60(85)72-70(3,4)5)102-67-57(83)54(80)55(81)58(104-67)65(90)91/h12-15,22-27,43-44,51-58,63-64,66-67,77-83,88-89H,1-2,9-11,16-21,28-32H2,3-8H3,(H,71,84)(H,72,85)(H,90,91)/t43-,44-,51+,52-,53-,54-,55-,56+,57+,58-,63?,64?,66+,67+/m0/s1. The van der Waals surface area contributed by atoms with E-state index in [2.05, 4.69) is 23.8 Å². The van der Waals surface area contributed by atoms with Crippen molar-refractivity contribution in [1.29, 1.82) is 0 Å². The Balaban J connectivity index is 0.824. The second-order valence-electron chi connectivity index (χ2n) is 26.7. The number of methoxy groups -OCH3 is 3. The number of anilines is 2. The molecule has 6 heterocycles. The number of aliphatic carboxylic acids is 1. The molecule has 104 heavy (non-hydrogen) atoms. The van der Waals surface area contributed by atoms with E-state index in [1.54, 1.807) is 20.8 Å². The molecule has 4 fully saturated rings. The van der Waals surface area contributed by atoms with Gasteiger partial charge in [0.2, 0.25) is 12.6 Å². The lowest BCUT2D eigenvalue weighted by molar-refractivity contribution is -0.277. The van der Waals surface area contributed by atoms with Crippen LogP contribution in [0.25, 0.3) is 0 Å². The Kier molecular flexibility index (Phi) is 24.3. The Bertz CT molecular complexity index is 3900. The molecule has 0 aromatic heterocycles. The first-order valence-corrected chi connectivity index (χ1v) is 33.3. The Morgan fingerprint density at radius 3 is 1.47 bits per heavy atom. The van der Waals surface area contributed by atoms with E-state index >= 15 is 0 Å². The van der Waals surface area contributed by atoms with Crippen molar-refractivity contribution in [3.05, 3.63) is 118 Å². The molecule has 0 saturated carbocycles. The quantitative estimate of drug-likeness (QED) is 0.0327. The van der Waals surface area contributed by atoms with Gasteiger partial charge in [-0.25, -0.2) is 24.2 Å². The minimum Gasteiger partial charge on any atom is -0.493 e. The van der Waals surface area contributed by atoms with E-state index in [0.29, 0.717) is 30.4 Å². The van der Waals surface area contributed by atoms with Gasteiger partial charge in [-0.05, 0) is 100 Å². The van der Waals surface area contributed by atoms with Crippen LogP contribution in [0.15, 0.2) is 85.0 Å². The number of nitrogens with one attached hydrogen (secondary N) is 2. The van der Waals surface area contributed by atoms with Gasteiger partial charge in [0.1, 0.15) is 67.4 Å². The van der Waals surface area contributed by atoms with Gasteiger partial charge in [0.05, 0.1) is 86.4 Å². The van der Waals surface area contributed by atoms with Gasteiger partial charge in [0.25, 0.3) is 23.6 Å². The van der Waals surface area contributed by atoms with Crippen LogP contribution in [0.4, 0.5) is 21.0 Å². The lowest BCUT2D eigenvalue weighted by Gasteiger charge is -2.39. The number of benzene rings is 4. The molecule has 6 amide bonds. The summed E-state index contributed by atoms with van der Waals surface area (Å²) in [5, 5.41) is 112. The van der Waals surface area contributed by atoms with Gasteiger partial charge < -0.3 is 124 Å². The predicted octanol–water partition coefficient (Wildman–Crippen LogP) is 1.18. The molecule has 4 saturated heterocycles. The molecular formula is C70H86N6O28. The number of carboxylic acids is 1. The molecule has 0 bridgehead atoms. The first-order valence-electron chi connectivity index (χ1n) is 33.3. The minimum atomic E-state index is -2.02. The fraction of sp³-hybridized carbons (Fsp3) is 0.500. The summed E-state index contributed by atoms with van der Waals surface area (Å²) in [6.45, 7) is 11.7. The highest BCUT2D eigenvalue weighted by Gasteiger charge is 2.51. The van der Waals surface area contributed by atoms with E-state index in [9.17, 15) is 84.6 Å². The van der Waals surface area contributed by atoms with Crippen LogP contribution < -0.4 is 48.9 Å². The van der Waals surface area contributed by atoms with Crippen LogP contribution in [0.5, 0.6) is 34.5 Å². The third-order valence-electron chi connectivity index (χ3n) is 18.1. The first kappa shape index (κ1) is 77.2. The molecule has 0 spiro atoms. The summed E-state index contributed by atoms with van der Waals surface area (Å²) in [5.74, 6) is -4.26. The van der Waals surface area contributed by atoms with Gasteiger partial charge in [-0.15, -0.1) is 0 Å². The summed E-state index contributed by atoms with van der Waals surface area (Å²) in [6, 6.07) is 11.5. The Hall–Kier alpha value is -9.43. The minimum absolute atomic E-state index is 0.0380. The molecule has 34 nitrogen and oxygen atoms in total. The summed E-state index contributed by atoms with van der Waals surface area (Å²) >= 11 is 0. The van der Waals surface area contributed by atoms with E-state index in [-0.39, 0.29) is 132 Å². The van der Waals surface area contributed by atoms with Crippen LogP contribution >= 0.6 is 0 Å². The van der Waals surface area contributed by atoms with Crippen molar-refractivity contribution in [3.63, 3.8) is 0 Å². The number of ether oxygens (including phenoxy) is 11. The summed E-state index contributed by atoms with van der Waals surface area (Å²) in [7, 11) is 4.14. The van der Waals surface area contributed by atoms with E-state index < -0.39 is 153 Å². The predicted molar refractivity (Wildman–Crippen MR) is 359 cm³/mol. The lowest BCUT2D eigenvalue weighted by Crippen LogP contribution is -2.61. The van der Waals surface area contributed by atoms with Crippen molar-refractivity contribution in [1.82, 2.24) is 20.4 Å². The van der Waals surface area contributed by atoms with Crippen LogP contribution in [0.2, 0.25) is 0 Å². The van der Waals surface area contributed by atoms with Crippen LogP contribution in [-0.2, 0) is 41.7 Å². The SMILES string of the molecule is C=C1C[C@H]2C(O)N(C(=O)OCc3ccc(O[C@@H]4O[C@H](C(=O)O)[C@@H](O)[C@H](O)[C@H]4O)c(C(=O)NC(C)(C)C)c3)c3cc(OCCCCCOc4cc5c(cc4OC)C(=O)N4CC(=C)C[C@H]4C(O)N5C(=O)OCc4ccc(O[C@@H]5O[C@H](CO)[C@H](O)[C@H](O)[C@H]5O)c(C(=O)NCCOC)c4)c(OC)cc3C(=O)N2C1. The third-order valence-corrected chi connectivity index (χ3v) is 18.1. The molecule has 6 aliphatic heterocycles. The van der Waals surface area contributed by atoms with E-state index in [4.69, 9.17) is 52.1 Å². The number of carboxylic acid groups (broad SMARTS) is 1. The number of amides is 6. The number of aliphatic hydroxyl groups excluding tert-OH is 9. The van der Waals surface area contributed by atoms with E-state index in [0.717, 1.165) is 9.80 Å². The van der Waals surface area contributed by atoms with Crippen molar-refractivity contribution in [3.8, 4) is 34.5 Å². The molecular weight excluding hydrogens is 1370 g/mol. The number of nitrogens with zero attached hydrogens (tertiary/aromatic N) is 4. The highest BCUT2D eigenvalue weighted by molar-refractivity contribution is 6.07. The number of carbonyl (C=O) groups is 7. The average molecular weight is 1460 g/mol. The fourth-order valence-corrected chi connectivity index (χ4v) is 12.8. The van der Waals surface area contributed by atoms with Gasteiger partial charge in [-0.1, -0.05) is 36.4 Å². The maximum absolute atomic E-state index is 14.6. The monoisotopic (exact) mass is 1460 g/mol. The number of fused-ring (bicyclic) bond motifs is 4. The Morgan fingerprint density at radius 1 is 0.567 bits per heavy atom. The topological polar surface area (TPSA) is 460 Å². The molecule has 10 rings (SSSR count). The van der Waals surface area contributed by atoms with Crippen molar-refractivity contribution in [2.75, 3.05) is 77.2 Å². The summed E-state index contributed by atoms with van der Waals surface area (Å²) < 4.78 is 63.1. The number of rotatable bonds is 25. The molecule has 2 unspecified atom stereocenters. The van der Waals surface area contributed by atoms with Gasteiger partial charge >= 0.3 is 18.2 Å². The molecule has 564 valence electrons. The molecule has 0 radical (unpaired) electrons. The van der Waals surface area contributed by atoms with Crippen LogP contribution in [0, 0.1) is 0 Å². The maximum atomic E-state index is 14.6. The molecule has 6 aliphatic rings. The van der Waals surface area contributed by atoms with Crippen LogP contribution in [0.3, 0.4) is 0 Å². The van der Waals surface area contributed by atoms with Crippen molar-refractivity contribution >= 4 is 53.2 Å². The Labute approximate surface area is 595 Å². The zero-order valence-electron chi connectivity index (χ0n) is 57.8. The van der Waals surface area contributed by atoms with Gasteiger partial charge in [-0.3, -0.25) is 19.2 Å². The summed E-state index contributed by atoms with van der Waals surface area (Å²) in [6.07, 6.45) is -22.3. The van der Waals surface area contributed by atoms with Crippen molar-refractivity contribution in [2.45, 2.75) is 158 Å². The average Bonchev–Trinajstić information content (AvgIpc) is 1.59.